The number of amides is 1. The van der Waals surface area contributed by atoms with Crippen LogP contribution in [0.15, 0.2) is 39.7 Å². The van der Waals surface area contributed by atoms with E-state index in [1.165, 1.54) is 0 Å². The molecule has 0 fully saturated rings. The molecule has 0 unspecified atom stereocenters. The third-order valence-electron chi connectivity index (χ3n) is 5.78. The quantitative estimate of drug-likeness (QED) is 0.650. The molecule has 0 bridgehead atoms. The largest absolute Gasteiger partial charge is 0.361 e. The molecule has 30 heavy (non-hydrogen) atoms. The molecule has 156 valence electrons. The highest BCUT2D eigenvalue weighted by atomic mass is 16.5. The number of nitrogens with zero attached hydrogens (tertiary/aromatic N) is 4. The van der Waals surface area contributed by atoms with Gasteiger partial charge in [-0.25, -0.2) is 0 Å². The first-order valence-electron chi connectivity index (χ1n) is 10.4. The van der Waals surface area contributed by atoms with Crippen LogP contribution in [0.4, 0.5) is 0 Å². The van der Waals surface area contributed by atoms with Crippen LogP contribution in [0.1, 0.15) is 42.6 Å². The van der Waals surface area contributed by atoms with Crippen molar-refractivity contribution < 1.29 is 9.32 Å². The molecule has 0 saturated heterocycles. The fourth-order valence-electron chi connectivity index (χ4n) is 4.11. The minimum atomic E-state index is -0.189. The lowest BCUT2D eigenvalue weighted by atomic mass is 10.1. The molecule has 1 aromatic carbocycles. The SMILES string of the molecule is CCc1nc(=O)c2ccccc2n1C1=CCN(C(=O)CCc2c(C)noc2C)CC1. The molecule has 1 aliphatic rings. The topological polar surface area (TPSA) is 81.2 Å². The molecular formula is C23H26N4O3. The zero-order valence-electron chi connectivity index (χ0n) is 17.6. The van der Waals surface area contributed by atoms with Crippen LogP contribution in [0, 0.1) is 13.8 Å². The second-order valence-corrected chi connectivity index (χ2v) is 7.63. The highest BCUT2D eigenvalue weighted by Gasteiger charge is 2.21. The van der Waals surface area contributed by atoms with E-state index in [0.29, 0.717) is 37.7 Å². The number of para-hydroxylation sites is 1. The molecule has 1 aliphatic heterocycles. The Balaban J connectivity index is 1.54. The van der Waals surface area contributed by atoms with Crippen molar-refractivity contribution in [1.82, 2.24) is 19.6 Å². The third-order valence-corrected chi connectivity index (χ3v) is 5.78. The van der Waals surface area contributed by atoms with Crippen LogP contribution < -0.4 is 5.56 Å². The van der Waals surface area contributed by atoms with E-state index in [-0.39, 0.29) is 11.5 Å². The maximum atomic E-state index is 12.7. The van der Waals surface area contributed by atoms with Gasteiger partial charge in [-0.05, 0) is 38.5 Å². The van der Waals surface area contributed by atoms with Gasteiger partial charge >= 0.3 is 0 Å². The molecule has 2 aromatic heterocycles. The molecule has 7 nitrogen and oxygen atoms in total. The number of carbonyl (C=O) groups is 1. The number of aryl methyl sites for hydroxylation is 3. The molecule has 0 saturated carbocycles. The number of fused-ring (bicyclic) bond motifs is 1. The standard InChI is InChI=1S/C23H26N4O3/c1-4-21-24-23(29)19-7-5-6-8-20(19)27(21)17-11-13-26(14-12-17)22(28)10-9-18-15(2)25-30-16(18)3/h5-8,11H,4,9-10,12-14H2,1-3H3. The Morgan fingerprint density at radius 2 is 2.03 bits per heavy atom. The van der Waals surface area contributed by atoms with Gasteiger partial charge in [0.1, 0.15) is 11.6 Å². The number of aromatic nitrogens is 3. The Kier molecular flexibility index (Phi) is 5.53. The van der Waals surface area contributed by atoms with E-state index in [9.17, 15) is 9.59 Å². The molecule has 4 rings (SSSR count). The molecule has 0 N–H and O–H groups in total. The zero-order valence-corrected chi connectivity index (χ0v) is 17.6. The van der Waals surface area contributed by atoms with Crippen LogP contribution in [0.2, 0.25) is 0 Å². The lowest BCUT2D eigenvalue weighted by Crippen LogP contribution is -2.35. The van der Waals surface area contributed by atoms with E-state index >= 15 is 0 Å². The minimum absolute atomic E-state index is 0.129. The third kappa shape index (κ3) is 3.67. The fourth-order valence-corrected chi connectivity index (χ4v) is 4.11. The van der Waals surface area contributed by atoms with E-state index < -0.39 is 0 Å². The Morgan fingerprint density at radius 3 is 2.70 bits per heavy atom. The van der Waals surface area contributed by atoms with E-state index in [1.807, 2.05) is 49.9 Å². The van der Waals surface area contributed by atoms with Gasteiger partial charge in [-0.3, -0.25) is 9.59 Å². The predicted octanol–water partition coefficient (Wildman–Crippen LogP) is 3.27. The van der Waals surface area contributed by atoms with E-state index in [0.717, 1.165) is 40.5 Å². The first kappa shape index (κ1) is 20.1. The average molecular weight is 406 g/mol. The maximum absolute atomic E-state index is 12.7. The van der Waals surface area contributed by atoms with Gasteiger partial charge in [-0.1, -0.05) is 24.2 Å². The van der Waals surface area contributed by atoms with E-state index in [1.54, 1.807) is 0 Å². The second kappa shape index (κ2) is 8.26. The van der Waals surface area contributed by atoms with Crippen molar-refractivity contribution in [1.29, 1.82) is 0 Å². The van der Waals surface area contributed by atoms with Gasteiger partial charge in [0, 0.05) is 43.6 Å². The van der Waals surface area contributed by atoms with Gasteiger partial charge in [0.05, 0.1) is 16.6 Å². The smallest absolute Gasteiger partial charge is 0.280 e. The van der Waals surface area contributed by atoms with Crippen molar-refractivity contribution in [3.05, 3.63) is 63.5 Å². The van der Waals surface area contributed by atoms with Crippen molar-refractivity contribution in [2.75, 3.05) is 13.1 Å². The summed E-state index contributed by atoms with van der Waals surface area (Å²) in [7, 11) is 0. The molecule has 0 spiro atoms. The Hall–Kier alpha value is -3.22. The Morgan fingerprint density at radius 1 is 1.23 bits per heavy atom. The molecule has 3 heterocycles. The normalized spacial score (nSPS) is 14.2. The summed E-state index contributed by atoms with van der Waals surface area (Å²) in [6, 6.07) is 7.57. The maximum Gasteiger partial charge on any atom is 0.280 e. The summed E-state index contributed by atoms with van der Waals surface area (Å²) in [6.07, 6.45) is 4.54. The summed E-state index contributed by atoms with van der Waals surface area (Å²) in [4.78, 5) is 31.2. The fraction of sp³-hybridized carbons (Fsp3) is 0.391. The van der Waals surface area contributed by atoms with Crippen LogP contribution >= 0.6 is 0 Å². The molecule has 3 aromatic rings. The van der Waals surface area contributed by atoms with Gasteiger partial charge in [0.25, 0.3) is 5.56 Å². The number of hydrogen-bond donors (Lipinski definition) is 0. The predicted molar refractivity (Wildman–Crippen MR) is 115 cm³/mol. The summed E-state index contributed by atoms with van der Waals surface area (Å²) in [5.41, 5.74) is 3.65. The summed E-state index contributed by atoms with van der Waals surface area (Å²) >= 11 is 0. The van der Waals surface area contributed by atoms with Gasteiger partial charge in [-0.2, -0.15) is 4.98 Å². The molecule has 0 radical (unpaired) electrons. The lowest BCUT2D eigenvalue weighted by Gasteiger charge is -2.28. The van der Waals surface area contributed by atoms with Crippen LogP contribution in [0.5, 0.6) is 0 Å². The highest BCUT2D eigenvalue weighted by Crippen LogP contribution is 2.23. The van der Waals surface area contributed by atoms with Crippen LogP contribution in [-0.2, 0) is 17.6 Å². The molecule has 0 atom stereocenters. The summed E-state index contributed by atoms with van der Waals surface area (Å²) < 4.78 is 7.27. The number of hydrogen-bond acceptors (Lipinski definition) is 5. The van der Waals surface area contributed by atoms with Gasteiger partial charge in [0.15, 0.2) is 0 Å². The van der Waals surface area contributed by atoms with Crippen LogP contribution in [-0.4, -0.2) is 38.6 Å². The Bertz CT molecular complexity index is 1170. The van der Waals surface area contributed by atoms with E-state index in [2.05, 4.69) is 20.8 Å². The number of benzene rings is 1. The first-order valence-corrected chi connectivity index (χ1v) is 10.4. The first-order chi connectivity index (χ1) is 14.5. The van der Waals surface area contributed by atoms with Gasteiger partial charge in [-0.15, -0.1) is 0 Å². The highest BCUT2D eigenvalue weighted by molar-refractivity contribution is 5.82. The van der Waals surface area contributed by atoms with Gasteiger partial charge < -0.3 is 14.0 Å². The van der Waals surface area contributed by atoms with Crippen molar-refractivity contribution in [3.8, 4) is 0 Å². The lowest BCUT2D eigenvalue weighted by molar-refractivity contribution is -0.130. The van der Waals surface area contributed by atoms with E-state index in [4.69, 9.17) is 4.52 Å². The number of carbonyl (C=O) groups excluding carboxylic acids is 1. The van der Waals surface area contributed by atoms with Gasteiger partial charge in [0.2, 0.25) is 5.91 Å². The van der Waals surface area contributed by atoms with Crippen molar-refractivity contribution >= 4 is 22.5 Å². The zero-order chi connectivity index (χ0) is 21.3. The van der Waals surface area contributed by atoms with Crippen molar-refractivity contribution in [2.24, 2.45) is 0 Å². The monoisotopic (exact) mass is 406 g/mol. The Labute approximate surface area is 175 Å². The molecule has 7 heteroatoms. The molecular weight excluding hydrogens is 380 g/mol. The molecule has 0 aliphatic carbocycles. The average Bonchev–Trinajstić information content (AvgIpc) is 3.09. The van der Waals surface area contributed by atoms with Crippen LogP contribution in [0.25, 0.3) is 16.6 Å². The van der Waals surface area contributed by atoms with Crippen molar-refractivity contribution in [2.45, 2.75) is 46.5 Å². The van der Waals surface area contributed by atoms with Crippen LogP contribution in [0.3, 0.4) is 0 Å². The number of rotatable bonds is 5. The summed E-state index contributed by atoms with van der Waals surface area (Å²) in [5.74, 6) is 1.66. The molecule has 1 amide bonds. The van der Waals surface area contributed by atoms with Crippen molar-refractivity contribution in [3.63, 3.8) is 0 Å². The summed E-state index contributed by atoms with van der Waals surface area (Å²) in [5, 5.41) is 4.58. The second-order valence-electron chi connectivity index (χ2n) is 7.63. The minimum Gasteiger partial charge on any atom is -0.361 e. The summed E-state index contributed by atoms with van der Waals surface area (Å²) in [6.45, 7) is 6.99.